The molecule has 3 nitrogen and oxygen atoms in total. The van der Waals surface area contributed by atoms with E-state index in [2.05, 4.69) is 21.2 Å². The van der Waals surface area contributed by atoms with Gasteiger partial charge in [-0.1, -0.05) is 27.5 Å². The molecule has 1 aromatic heterocycles. The predicted molar refractivity (Wildman–Crippen MR) is 89.1 cm³/mol. The number of hydrogen-bond acceptors (Lipinski definition) is 3. The van der Waals surface area contributed by atoms with Crippen molar-refractivity contribution < 1.29 is 9.52 Å². The van der Waals surface area contributed by atoms with Gasteiger partial charge < -0.3 is 14.8 Å². The first-order valence-electron chi connectivity index (χ1n) is 6.47. The molecule has 3 rings (SSSR count). The van der Waals surface area contributed by atoms with Crippen LogP contribution >= 0.6 is 27.5 Å². The first-order valence-corrected chi connectivity index (χ1v) is 7.64. The van der Waals surface area contributed by atoms with E-state index in [1.54, 1.807) is 18.2 Å². The molecule has 3 aromatic rings. The third-order valence-electron chi connectivity index (χ3n) is 3.26. The summed E-state index contributed by atoms with van der Waals surface area (Å²) in [5.74, 6) is 0.913. The van der Waals surface area contributed by atoms with Gasteiger partial charge in [-0.15, -0.1) is 0 Å². The van der Waals surface area contributed by atoms with Crippen LogP contribution in [-0.4, -0.2) is 5.11 Å². The summed E-state index contributed by atoms with van der Waals surface area (Å²) in [6.45, 7) is 2.01. The van der Waals surface area contributed by atoms with Gasteiger partial charge in [0.2, 0.25) is 0 Å². The lowest BCUT2D eigenvalue weighted by Gasteiger charge is -2.13. The summed E-state index contributed by atoms with van der Waals surface area (Å²) in [7, 11) is 0. The molecule has 0 spiro atoms. The number of phenols is 1. The van der Waals surface area contributed by atoms with E-state index in [9.17, 15) is 5.11 Å². The Labute approximate surface area is 135 Å². The van der Waals surface area contributed by atoms with Crippen molar-refractivity contribution in [3.8, 4) is 5.75 Å². The molecule has 0 fully saturated rings. The summed E-state index contributed by atoms with van der Waals surface area (Å²) in [6, 6.07) is 12.9. The first kappa shape index (κ1) is 14.3. The molecule has 0 amide bonds. The normalized spacial score (nSPS) is 12.5. The van der Waals surface area contributed by atoms with Crippen LogP contribution in [0, 0.1) is 0 Å². The second-order valence-electron chi connectivity index (χ2n) is 4.86. The molecular weight excluding hydrogens is 354 g/mol. The zero-order valence-electron chi connectivity index (χ0n) is 11.2. The topological polar surface area (TPSA) is 45.4 Å². The van der Waals surface area contributed by atoms with Crippen molar-refractivity contribution in [2.75, 3.05) is 5.32 Å². The average molecular weight is 367 g/mol. The highest BCUT2D eigenvalue weighted by atomic mass is 79.9. The number of furan rings is 1. The minimum Gasteiger partial charge on any atom is -0.506 e. The van der Waals surface area contributed by atoms with Crippen molar-refractivity contribution in [1.29, 1.82) is 0 Å². The standard InChI is InChI=1S/C16H13BrClNO2/c1-9(19-12-3-4-14(20)13(18)8-12)16-7-10-6-11(17)2-5-15(10)21-16/h2-9,19-20H,1H3. The van der Waals surface area contributed by atoms with Crippen LogP contribution in [0.3, 0.4) is 0 Å². The SMILES string of the molecule is CC(Nc1ccc(O)c(Cl)c1)c1cc2cc(Br)ccc2o1. The molecule has 1 unspecified atom stereocenters. The smallest absolute Gasteiger partial charge is 0.134 e. The van der Waals surface area contributed by atoms with Crippen molar-refractivity contribution >= 4 is 44.2 Å². The number of rotatable bonds is 3. The van der Waals surface area contributed by atoms with Crippen LogP contribution in [0.5, 0.6) is 5.75 Å². The Balaban J connectivity index is 1.85. The van der Waals surface area contributed by atoms with Crippen molar-refractivity contribution in [1.82, 2.24) is 0 Å². The average Bonchev–Trinajstić information content (AvgIpc) is 2.86. The van der Waals surface area contributed by atoms with E-state index in [1.807, 2.05) is 31.2 Å². The van der Waals surface area contributed by atoms with E-state index in [4.69, 9.17) is 16.0 Å². The van der Waals surface area contributed by atoms with E-state index in [0.29, 0.717) is 5.02 Å². The highest BCUT2D eigenvalue weighted by Gasteiger charge is 2.12. The summed E-state index contributed by atoms with van der Waals surface area (Å²) in [4.78, 5) is 0. The largest absolute Gasteiger partial charge is 0.506 e. The molecular formula is C16H13BrClNO2. The third-order valence-corrected chi connectivity index (χ3v) is 4.05. The number of hydrogen-bond donors (Lipinski definition) is 2. The molecule has 0 aliphatic rings. The molecule has 0 aliphatic heterocycles. The van der Waals surface area contributed by atoms with Crippen LogP contribution < -0.4 is 5.32 Å². The van der Waals surface area contributed by atoms with Crippen LogP contribution in [0.15, 0.2) is 51.4 Å². The van der Waals surface area contributed by atoms with Crippen molar-refractivity contribution in [3.05, 3.63) is 57.7 Å². The Morgan fingerprint density at radius 2 is 2.00 bits per heavy atom. The molecule has 0 radical (unpaired) electrons. The second kappa shape index (κ2) is 5.62. The van der Waals surface area contributed by atoms with Gasteiger partial charge in [0.25, 0.3) is 0 Å². The summed E-state index contributed by atoms with van der Waals surface area (Å²) < 4.78 is 6.87. The van der Waals surface area contributed by atoms with E-state index in [1.165, 1.54) is 0 Å². The fourth-order valence-corrected chi connectivity index (χ4v) is 2.73. The lowest BCUT2D eigenvalue weighted by Crippen LogP contribution is -2.05. The van der Waals surface area contributed by atoms with Crippen molar-refractivity contribution in [2.45, 2.75) is 13.0 Å². The molecule has 21 heavy (non-hydrogen) atoms. The maximum Gasteiger partial charge on any atom is 0.134 e. The number of anilines is 1. The minimum absolute atomic E-state index is 0.0169. The molecule has 0 aliphatic carbocycles. The fourth-order valence-electron chi connectivity index (χ4n) is 2.17. The molecule has 108 valence electrons. The maximum absolute atomic E-state index is 9.43. The van der Waals surface area contributed by atoms with Gasteiger partial charge in [-0.3, -0.25) is 0 Å². The highest BCUT2D eigenvalue weighted by molar-refractivity contribution is 9.10. The van der Waals surface area contributed by atoms with Crippen LogP contribution in [-0.2, 0) is 0 Å². The van der Waals surface area contributed by atoms with E-state index in [-0.39, 0.29) is 11.8 Å². The van der Waals surface area contributed by atoms with E-state index < -0.39 is 0 Å². The molecule has 0 saturated heterocycles. The third kappa shape index (κ3) is 3.01. The lowest BCUT2D eigenvalue weighted by molar-refractivity contribution is 0.475. The van der Waals surface area contributed by atoms with Gasteiger partial charge in [0.1, 0.15) is 17.1 Å². The monoisotopic (exact) mass is 365 g/mol. The quantitative estimate of drug-likeness (QED) is 0.582. The van der Waals surface area contributed by atoms with Gasteiger partial charge in [-0.25, -0.2) is 0 Å². The predicted octanol–water partition coefficient (Wildman–Crippen LogP) is 5.73. The van der Waals surface area contributed by atoms with Crippen LogP contribution in [0.25, 0.3) is 11.0 Å². The van der Waals surface area contributed by atoms with Crippen molar-refractivity contribution in [3.63, 3.8) is 0 Å². The molecule has 0 saturated carbocycles. The summed E-state index contributed by atoms with van der Waals surface area (Å²) in [5.41, 5.74) is 1.68. The molecule has 1 atom stereocenters. The number of fused-ring (bicyclic) bond motifs is 1. The highest BCUT2D eigenvalue weighted by Crippen LogP contribution is 2.31. The Kier molecular flexibility index (Phi) is 3.83. The van der Waals surface area contributed by atoms with Gasteiger partial charge in [0.05, 0.1) is 11.1 Å². The van der Waals surface area contributed by atoms with Gasteiger partial charge in [-0.05, 0) is 49.4 Å². The van der Waals surface area contributed by atoms with E-state index in [0.717, 1.165) is 26.9 Å². The zero-order chi connectivity index (χ0) is 15.0. The second-order valence-corrected chi connectivity index (χ2v) is 6.19. The molecule has 2 N–H and O–H groups in total. The van der Waals surface area contributed by atoms with Crippen LogP contribution in [0.2, 0.25) is 5.02 Å². The number of benzene rings is 2. The molecule has 0 bridgehead atoms. The first-order chi connectivity index (χ1) is 10.0. The maximum atomic E-state index is 9.43. The summed E-state index contributed by atoms with van der Waals surface area (Å²) in [6.07, 6.45) is 0. The summed E-state index contributed by atoms with van der Waals surface area (Å²) >= 11 is 9.36. The zero-order valence-corrected chi connectivity index (χ0v) is 13.6. The molecule has 1 heterocycles. The van der Waals surface area contributed by atoms with E-state index >= 15 is 0 Å². The van der Waals surface area contributed by atoms with Gasteiger partial charge >= 0.3 is 0 Å². The van der Waals surface area contributed by atoms with Crippen molar-refractivity contribution in [2.24, 2.45) is 0 Å². The van der Waals surface area contributed by atoms with Gasteiger partial charge in [-0.2, -0.15) is 0 Å². The molecule has 2 aromatic carbocycles. The minimum atomic E-state index is -0.0169. The number of aromatic hydroxyl groups is 1. The summed E-state index contributed by atoms with van der Waals surface area (Å²) in [5, 5.41) is 14.1. The van der Waals surface area contributed by atoms with Crippen LogP contribution in [0.4, 0.5) is 5.69 Å². The number of phenolic OH excluding ortho intramolecular Hbond substituents is 1. The number of nitrogens with one attached hydrogen (secondary N) is 1. The van der Waals surface area contributed by atoms with Crippen LogP contribution in [0.1, 0.15) is 18.7 Å². The fraction of sp³-hybridized carbons (Fsp3) is 0.125. The Hall–Kier alpha value is -1.65. The molecule has 5 heteroatoms. The Bertz CT molecular complexity index is 800. The van der Waals surface area contributed by atoms with Gasteiger partial charge in [0, 0.05) is 15.5 Å². The lowest BCUT2D eigenvalue weighted by atomic mass is 10.2. The Morgan fingerprint density at radius 1 is 1.19 bits per heavy atom. The Morgan fingerprint density at radius 3 is 2.76 bits per heavy atom. The number of halogens is 2. The van der Waals surface area contributed by atoms with Gasteiger partial charge in [0.15, 0.2) is 0 Å².